The third-order valence-corrected chi connectivity index (χ3v) is 5.10. The molecule has 2 aromatic rings. The van der Waals surface area contributed by atoms with Crippen LogP contribution in [0, 0.1) is 5.92 Å². The van der Waals surface area contributed by atoms with Gasteiger partial charge in [-0.1, -0.05) is 38.1 Å². The van der Waals surface area contributed by atoms with E-state index in [9.17, 15) is 14.4 Å². The van der Waals surface area contributed by atoms with Gasteiger partial charge in [0, 0.05) is 12.8 Å². The fourth-order valence-corrected chi connectivity index (χ4v) is 3.50. The molecule has 2 N–H and O–H groups in total. The molecule has 0 radical (unpaired) electrons. The van der Waals surface area contributed by atoms with Crippen LogP contribution in [0.5, 0.6) is 5.75 Å². The molecule has 3 amide bonds. The standard InChI is InChI=1S/C23H27N3O4/c1-15(2)23(16-8-10-17(30-3)11-9-16)25-20(27)12-13-22(29)26-14-21(28)24-18-6-4-5-7-19(18)26/h4-11,15,23H,12-14H2,1-3H3,(H,24,28)(H,25,27). The lowest BCUT2D eigenvalue weighted by Gasteiger charge is -2.29. The summed E-state index contributed by atoms with van der Waals surface area (Å²) in [7, 11) is 1.61. The summed E-state index contributed by atoms with van der Waals surface area (Å²) in [6, 6.07) is 14.6. The lowest BCUT2D eigenvalue weighted by molar-refractivity contribution is -0.126. The Hall–Kier alpha value is -3.35. The zero-order chi connectivity index (χ0) is 21.7. The van der Waals surface area contributed by atoms with Gasteiger partial charge in [0.05, 0.1) is 24.5 Å². The second kappa shape index (κ2) is 9.43. The number of hydrogen-bond acceptors (Lipinski definition) is 4. The van der Waals surface area contributed by atoms with Crippen LogP contribution in [0.3, 0.4) is 0 Å². The van der Waals surface area contributed by atoms with Gasteiger partial charge in [-0.2, -0.15) is 0 Å². The van der Waals surface area contributed by atoms with Crippen molar-refractivity contribution in [1.82, 2.24) is 5.32 Å². The number of nitrogens with one attached hydrogen (secondary N) is 2. The fourth-order valence-electron chi connectivity index (χ4n) is 3.50. The van der Waals surface area contributed by atoms with Crippen molar-refractivity contribution >= 4 is 29.1 Å². The van der Waals surface area contributed by atoms with E-state index in [0.717, 1.165) is 11.3 Å². The summed E-state index contributed by atoms with van der Waals surface area (Å²) in [5, 5.41) is 5.78. The smallest absolute Gasteiger partial charge is 0.244 e. The number of para-hydroxylation sites is 2. The number of fused-ring (bicyclic) bond motifs is 1. The molecular formula is C23H27N3O4. The van der Waals surface area contributed by atoms with Crippen LogP contribution in [-0.4, -0.2) is 31.4 Å². The van der Waals surface area contributed by atoms with E-state index in [2.05, 4.69) is 10.6 Å². The van der Waals surface area contributed by atoms with E-state index in [1.165, 1.54) is 4.90 Å². The van der Waals surface area contributed by atoms with Crippen LogP contribution in [0.15, 0.2) is 48.5 Å². The first-order valence-corrected chi connectivity index (χ1v) is 10.0. The van der Waals surface area contributed by atoms with E-state index in [1.54, 1.807) is 25.3 Å². The van der Waals surface area contributed by atoms with E-state index >= 15 is 0 Å². The average molecular weight is 409 g/mol. The zero-order valence-corrected chi connectivity index (χ0v) is 17.5. The number of amides is 3. The molecule has 158 valence electrons. The number of carbonyl (C=O) groups excluding carboxylic acids is 3. The Labute approximate surface area is 176 Å². The lowest BCUT2D eigenvalue weighted by atomic mass is 9.95. The van der Waals surface area contributed by atoms with E-state index in [-0.39, 0.29) is 49.1 Å². The third-order valence-electron chi connectivity index (χ3n) is 5.10. The fraction of sp³-hybridized carbons (Fsp3) is 0.348. The maximum Gasteiger partial charge on any atom is 0.244 e. The lowest BCUT2D eigenvalue weighted by Crippen LogP contribution is -2.42. The first kappa shape index (κ1) is 21.4. The van der Waals surface area contributed by atoms with Gasteiger partial charge in [0.15, 0.2) is 0 Å². The van der Waals surface area contributed by atoms with Gasteiger partial charge in [-0.15, -0.1) is 0 Å². The van der Waals surface area contributed by atoms with Crippen molar-refractivity contribution in [2.45, 2.75) is 32.7 Å². The number of hydrogen-bond donors (Lipinski definition) is 2. The Morgan fingerprint density at radius 1 is 1.10 bits per heavy atom. The Balaban J connectivity index is 1.61. The van der Waals surface area contributed by atoms with Crippen molar-refractivity contribution in [2.24, 2.45) is 5.92 Å². The first-order valence-electron chi connectivity index (χ1n) is 10.0. The summed E-state index contributed by atoms with van der Waals surface area (Å²) in [6.45, 7) is 4.02. The van der Waals surface area contributed by atoms with Gasteiger partial charge in [0.2, 0.25) is 17.7 Å². The predicted octanol–water partition coefficient (Wildman–Crippen LogP) is 3.27. The minimum absolute atomic E-state index is 0.0286. The van der Waals surface area contributed by atoms with Gasteiger partial charge in [0.25, 0.3) is 0 Å². The van der Waals surface area contributed by atoms with Gasteiger partial charge in [-0.05, 0) is 35.7 Å². The molecule has 0 aromatic heterocycles. The topological polar surface area (TPSA) is 87.7 Å². The van der Waals surface area contributed by atoms with Crippen molar-refractivity contribution in [3.63, 3.8) is 0 Å². The summed E-state index contributed by atoms with van der Waals surface area (Å²) < 4.78 is 5.19. The van der Waals surface area contributed by atoms with Crippen LogP contribution in [0.2, 0.25) is 0 Å². The number of carbonyl (C=O) groups is 3. The van der Waals surface area contributed by atoms with E-state index in [4.69, 9.17) is 4.74 Å². The minimum Gasteiger partial charge on any atom is -0.497 e. The predicted molar refractivity (Wildman–Crippen MR) is 115 cm³/mol. The first-order chi connectivity index (χ1) is 14.4. The molecule has 1 heterocycles. The maximum absolute atomic E-state index is 12.7. The van der Waals surface area contributed by atoms with Crippen molar-refractivity contribution in [3.8, 4) is 5.75 Å². The molecule has 7 heteroatoms. The zero-order valence-electron chi connectivity index (χ0n) is 17.5. The minimum atomic E-state index is -0.252. The number of methoxy groups -OCH3 is 1. The van der Waals surface area contributed by atoms with Crippen LogP contribution in [0.4, 0.5) is 11.4 Å². The molecule has 2 aromatic carbocycles. The monoisotopic (exact) mass is 409 g/mol. The Morgan fingerprint density at radius 2 is 1.80 bits per heavy atom. The van der Waals surface area contributed by atoms with Crippen LogP contribution in [0.1, 0.15) is 38.3 Å². The summed E-state index contributed by atoms with van der Waals surface area (Å²) >= 11 is 0. The largest absolute Gasteiger partial charge is 0.497 e. The Morgan fingerprint density at radius 3 is 2.47 bits per heavy atom. The Kier molecular flexibility index (Phi) is 6.72. The van der Waals surface area contributed by atoms with Gasteiger partial charge < -0.3 is 20.3 Å². The molecule has 0 saturated carbocycles. The highest BCUT2D eigenvalue weighted by molar-refractivity contribution is 6.10. The van der Waals surface area contributed by atoms with Crippen LogP contribution < -0.4 is 20.3 Å². The quantitative estimate of drug-likeness (QED) is 0.735. The molecule has 7 nitrogen and oxygen atoms in total. The molecule has 1 atom stereocenters. The van der Waals surface area contributed by atoms with Crippen molar-refractivity contribution in [2.75, 3.05) is 23.9 Å². The van der Waals surface area contributed by atoms with Crippen LogP contribution >= 0.6 is 0 Å². The molecule has 0 saturated heterocycles. The number of benzene rings is 2. The van der Waals surface area contributed by atoms with Crippen LogP contribution in [0.25, 0.3) is 0 Å². The van der Waals surface area contributed by atoms with Crippen molar-refractivity contribution in [3.05, 3.63) is 54.1 Å². The summed E-state index contributed by atoms with van der Waals surface area (Å²) in [5.41, 5.74) is 2.24. The van der Waals surface area contributed by atoms with E-state index in [0.29, 0.717) is 11.4 Å². The number of rotatable bonds is 7. The third kappa shape index (κ3) is 4.97. The van der Waals surface area contributed by atoms with E-state index in [1.807, 2.05) is 44.2 Å². The van der Waals surface area contributed by atoms with Gasteiger partial charge >= 0.3 is 0 Å². The summed E-state index contributed by atoms with van der Waals surface area (Å²) in [4.78, 5) is 38.6. The van der Waals surface area contributed by atoms with Gasteiger partial charge in [0.1, 0.15) is 12.3 Å². The van der Waals surface area contributed by atoms with Crippen LogP contribution in [-0.2, 0) is 14.4 Å². The van der Waals surface area contributed by atoms with Crippen molar-refractivity contribution in [1.29, 1.82) is 0 Å². The highest BCUT2D eigenvalue weighted by Gasteiger charge is 2.27. The molecule has 1 aliphatic rings. The van der Waals surface area contributed by atoms with Gasteiger partial charge in [-0.25, -0.2) is 0 Å². The molecule has 1 aliphatic heterocycles. The van der Waals surface area contributed by atoms with E-state index < -0.39 is 0 Å². The highest BCUT2D eigenvalue weighted by Crippen LogP contribution is 2.29. The maximum atomic E-state index is 12.7. The summed E-state index contributed by atoms with van der Waals surface area (Å²) in [6.07, 6.45) is 0.0827. The second-order valence-corrected chi connectivity index (χ2v) is 7.61. The van der Waals surface area contributed by atoms with Crippen molar-refractivity contribution < 1.29 is 19.1 Å². The molecule has 30 heavy (non-hydrogen) atoms. The normalized spacial score (nSPS) is 14.0. The summed E-state index contributed by atoms with van der Waals surface area (Å²) in [5.74, 6) is 0.233. The second-order valence-electron chi connectivity index (χ2n) is 7.61. The average Bonchev–Trinajstić information content (AvgIpc) is 2.75. The Bertz CT molecular complexity index is 924. The number of ether oxygens (including phenoxy) is 1. The molecule has 0 fully saturated rings. The molecule has 0 aliphatic carbocycles. The van der Waals surface area contributed by atoms with Gasteiger partial charge in [-0.3, -0.25) is 14.4 Å². The molecule has 3 rings (SSSR count). The molecule has 0 bridgehead atoms. The molecule has 1 unspecified atom stereocenters. The molecular weight excluding hydrogens is 382 g/mol. The number of nitrogens with zero attached hydrogens (tertiary/aromatic N) is 1. The number of anilines is 2. The molecule has 0 spiro atoms. The highest BCUT2D eigenvalue weighted by atomic mass is 16.5. The SMILES string of the molecule is COc1ccc(C(NC(=O)CCC(=O)N2CC(=O)Nc3ccccc32)C(C)C)cc1.